The van der Waals surface area contributed by atoms with Crippen LogP contribution >= 0.6 is 15.9 Å². The van der Waals surface area contributed by atoms with Crippen LogP contribution in [0.2, 0.25) is 0 Å². The predicted octanol–water partition coefficient (Wildman–Crippen LogP) is 3.88. The third-order valence-electron chi connectivity index (χ3n) is 2.10. The van der Waals surface area contributed by atoms with Crippen LogP contribution in [0.25, 0.3) is 0 Å². The van der Waals surface area contributed by atoms with Gasteiger partial charge in [-0.1, -0.05) is 15.9 Å². The van der Waals surface area contributed by atoms with Crippen LogP contribution in [0.5, 0.6) is 5.75 Å². The van der Waals surface area contributed by atoms with Crippen LogP contribution < -0.4 is 4.74 Å². The van der Waals surface area contributed by atoms with Crippen LogP contribution in [-0.4, -0.2) is 11.3 Å². The SMILES string of the molecule is N#CCc1ncc(OC(F)(F)F)c(C(F)F)c1CBr. The monoisotopic (exact) mass is 344 g/mol. The zero-order chi connectivity index (χ0) is 14.6. The van der Waals surface area contributed by atoms with Crippen LogP contribution in [0.1, 0.15) is 23.2 Å². The highest BCUT2D eigenvalue weighted by Gasteiger charge is 2.34. The summed E-state index contributed by atoms with van der Waals surface area (Å²) in [6.07, 6.45) is -8.00. The van der Waals surface area contributed by atoms with Crippen LogP contribution in [-0.2, 0) is 11.8 Å². The van der Waals surface area contributed by atoms with Gasteiger partial charge in [-0.15, -0.1) is 13.2 Å². The summed E-state index contributed by atoms with van der Waals surface area (Å²) < 4.78 is 65.6. The molecule has 0 saturated carbocycles. The Hall–Kier alpha value is -1.43. The topological polar surface area (TPSA) is 45.9 Å². The molecule has 0 aliphatic rings. The molecule has 0 unspecified atom stereocenters. The molecule has 0 atom stereocenters. The van der Waals surface area contributed by atoms with Gasteiger partial charge in [0.25, 0.3) is 6.43 Å². The number of nitriles is 1. The lowest BCUT2D eigenvalue weighted by Crippen LogP contribution is -2.19. The lowest BCUT2D eigenvalue weighted by Gasteiger charge is -2.16. The smallest absolute Gasteiger partial charge is 0.404 e. The maximum Gasteiger partial charge on any atom is 0.573 e. The Labute approximate surface area is 113 Å². The standard InChI is InChI=1S/C10H6BrF5N2O/c11-3-5-6(1-2-17)18-4-7(8(5)9(12)13)19-10(14,15)16/h4,9H,1,3H2. The summed E-state index contributed by atoms with van der Waals surface area (Å²) in [6.45, 7) is 0. The van der Waals surface area contributed by atoms with Gasteiger partial charge in [0.15, 0.2) is 5.75 Å². The average molecular weight is 345 g/mol. The van der Waals surface area contributed by atoms with E-state index in [1.807, 2.05) is 0 Å². The maximum atomic E-state index is 12.9. The Morgan fingerprint density at radius 1 is 1.42 bits per heavy atom. The molecule has 0 fully saturated rings. The van der Waals surface area contributed by atoms with Crippen molar-refractivity contribution in [2.24, 2.45) is 0 Å². The molecule has 0 radical (unpaired) electrons. The van der Waals surface area contributed by atoms with Crippen molar-refractivity contribution >= 4 is 15.9 Å². The highest BCUT2D eigenvalue weighted by Crippen LogP contribution is 2.37. The highest BCUT2D eigenvalue weighted by atomic mass is 79.9. The molecule has 0 aliphatic heterocycles. The summed E-state index contributed by atoms with van der Waals surface area (Å²) >= 11 is 2.89. The van der Waals surface area contributed by atoms with Gasteiger partial charge in [0.1, 0.15) is 0 Å². The van der Waals surface area contributed by atoms with Crippen LogP contribution in [0.15, 0.2) is 6.20 Å². The number of halogens is 6. The summed E-state index contributed by atoms with van der Waals surface area (Å²) in [5, 5.41) is 8.36. The molecule has 9 heteroatoms. The molecule has 0 N–H and O–H groups in total. The Morgan fingerprint density at radius 2 is 2.05 bits per heavy atom. The second-order valence-electron chi connectivity index (χ2n) is 3.28. The summed E-state index contributed by atoms with van der Waals surface area (Å²) in [4.78, 5) is 3.56. The first-order valence-corrected chi connectivity index (χ1v) is 5.89. The molecule has 104 valence electrons. The van der Waals surface area contributed by atoms with Gasteiger partial charge in [-0.25, -0.2) is 8.78 Å². The molecule has 0 aliphatic carbocycles. The summed E-state index contributed by atoms with van der Waals surface area (Å²) in [6, 6.07) is 1.70. The first-order chi connectivity index (χ1) is 8.80. The lowest BCUT2D eigenvalue weighted by atomic mass is 10.1. The summed E-state index contributed by atoms with van der Waals surface area (Å²) in [5.74, 6) is -1.06. The molecular formula is C10H6BrF5N2O. The Balaban J connectivity index is 3.38. The largest absolute Gasteiger partial charge is 0.573 e. The number of rotatable bonds is 4. The third kappa shape index (κ3) is 4.02. The van der Waals surface area contributed by atoms with E-state index in [1.54, 1.807) is 6.07 Å². The van der Waals surface area contributed by atoms with Crippen molar-refractivity contribution < 1.29 is 26.7 Å². The van der Waals surface area contributed by atoms with Gasteiger partial charge in [0.05, 0.1) is 29.9 Å². The normalized spacial score (nSPS) is 11.5. The lowest BCUT2D eigenvalue weighted by molar-refractivity contribution is -0.275. The van der Waals surface area contributed by atoms with E-state index in [4.69, 9.17) is 5.26 Å². The Kier molecular flexibility index (Phi) is 5.05. The second-order valence-corrected chi connectivity index (χ2v) is 3.84. The number of hydrogen-bond donors (Lipinski definition) is 0. The minimum Gasteiger partial charge on any atom is -0.404 e. The number of pyridine rings is 1. The third-order valence-corrected chi connectivity index (χ3v) is 2.66. The van der Waals surface area contributed by atoms with E-state index in [2.05, 4.69) is 25.7 Å². The van der Waals surface area contributed by atoms with Crippen molar-refractivity contribution in [2.75, 3.05) is 0 Å². The van der Waals surface area contributed by atoms with Gasteiger partial charge in [0.2, 0.25) is 0 Å². The van der Waals surface area contributed by atoms with E-state index in [9.17, 15) is 22.0 Å². The minimum atomic E-state index is -5.09. The molecule has 0 amide bonds. The number of ether oxygens (including phenoxy) is 1. The van der Waals surface area contributed by atoms with Crippen molar-refractivity contribution in [1.29, 1.82) is 5.26 Å². The molecule has 0 saturated heterocycles. The van der Waals surface area contributed by atoms with E-state index in [0.29, 0.717) is 6.20 Å². The van der Waals surface area contributed by atoms with E-state index in [1.165, 1.54) is 0 Å². The van der Waals surface area contributed by atoms with Crippen molar-refractivity contribution in [1.82, 2.24) is 4.98 Å². The summed E-state index contributed by atoms with van der Waals surface area (Å²) in [7, 11) is 0. The fraction of sp³-hybridized carbons (Fsp3) is 0.400. The molecule has 3 nitrogen and oxygen atoms in total. The molecule has 1 rings (SSSR count). The quantitative estimate of drug-likeness (QED) is 0.615. The fourth-order valence-corrected chi connectivity index (χ4v) is 2.04. The highest BCUT2D eigenvalue weighted by molar-refractivity contribution is 9.08. The molecule has 1 aromatic rings. The minimum absolute atomic E-state index is 0.0100. The molecule has 1 heterocycles. The second kappa shape index (κ2) is 6.14. The van der Waals surface area contributed by atoms with Gasteiger partial charge >= 0.3 is 6.36 Å². The molecule has 0 spiro atoms. The zero-order valence-electron chi connectivity index (χ0n) is 9.14. The van der Waals surface area contributed by atoms with Crippen LogP contribution in [0.4, 0.5) is 22.0 Å². The van der Waals surface area contributed by atoms with E-state index in [0.717, 1.165) is 0 Å². The van der Waals surface area contributed by atoms with E-state index < -0.39 is 24.1 Å². The van der Waals surface area contributed by atoms with Gasteiger partial charge in [-0.05, 0) is 5.56 Å². The number of alkyl halides is 6. The Bertz CT molecular complexity index is 498. The van der Waals surface area contributed by atoms with Gasteiger partial charge in [0, 0.05) is 5.33 Å². The number of nitrogens with zero attached hydrogens (tertiary/aromatic N) is 2. The van der Waals surface area contributed by atoms with Crippen molar-refractivity contribution in [3.8, 4) is 11.8 Å². The van der Waals surface area contributed by atoms with Gasteiger partial charge < -0.3 is 4.74 Å². The number of aromatic nitrogens is 1. The van der Waals surface area contributed by atoms with Gasteiger partial charge in [-0.2, -0.15) is 5.26 Å². The molecule has 0 bridgehead atoms. The maximum absolute atomic E-state index is 12.9. The molecule has 19 heavy (non-hydrogen) atoms. The Morgan fingerprint density at radius 3 is 2.47 bits per heavy atom. The van der Waals surface area contributed by atoms with Crippen molar-refractivity contribution in [3.05, 3.63) is 23.0 Å². The predicted molar refractivity (Wildman–Crippen MR) is 57.8 cm³/mol. The zero-order valence-corrected chi connectivity index (χ0v) is 10.7. The van der Waals surface area contributed by atoms with Crippen LogP contribution in [0.3, 0.4) is 0 Å². The van der Waals surface area contributed by atoms with E-state index in [-0.39, 0.29) is 23.0 Å². The van der Waals surface area contributed by atoms with Crippen LogP contribution in [0, 0.1) is 11.3 Å². The first kappa shape index (κ1) is 15.6. The van der Waals surface area contributed by atoms with Crippen molar-refractivity contribution in [3.63, 3.8) is 0 Å². The fourth-order valence-electron chi connectivity index (χ4n) is 1.41. The average Bonchev–Trinajstić information content (AvgIpc) is 2.28. The molecular weight excluding hydrogens is 339 g/mol. The van der Waals surface area contributed by atoms with E-state index >= 15 is 0 Å². The van der Waals surface area contributed by atoms with Gasteiger partial charge in [-0.3, -0.25) is 4.98 Å². The first-order valence-electron chi connectivity index (χ1n) is 4.77. The molecule has 0 aromatic carbocycles. The molecule has 1 aromatic heterocycles. The number of hydrogen-bond acceptors (Lipinski definition) is 3. The van der Waals surface area contributed by atoms with Crippen molar-refractivity contribution in [2.45, 2.75) is 24.5 Å². The summed E-state index contributed by atoms with van der Waals surface area (Å²) in [5.41, 5.74) is -1.09.